The van der Waals surface area contributed by atoms with Crippen molar-refractivity contribution >= 4 is 41.7 Å². The Hall–Kier alpha value is -1.24. The standard InChI is InChI=1S/C17H25N3O2S.ClH/c1-12(21)20(15-7-8-15)11-13-3-5-14(6-4-13)19-17(22)16(18)9-10-23-2;/h3-6,15-16H,7-11,18H2,1-2H3,(H,19,22);1H/t16-;/m0./s1. The lowest BCUT2D eigenvalue weighted by molar-refractivity contribution is -0.130. The average Bonchev–Trinajstić information content (AvgIpc) is 3.36. The largest absolute Gasteiger partial charge is 0.336 e. The quantitative estimate of drug-likeness (QED) is 0.736. The van der Waals surface area contributed by atoms with E-state index in [9.17, 15) is 9.59 Å². The molecule has 1 saturated carbocycles. The summed E-state index contributed by atoms with van der Waals surface area (Å²) < 4.78 is 0. The van der Waals surface area contributed by atoms with E-state index in [0.717, 1.165) is 29.8 Å². The van der Waals surface area contributed by atoms with E-state index in [1.807, 2.05) is 35.4 Å². The van der Waals surface area contributed by atoms with Crippen molar-refractivity contribution in [2.24, 2.45) is 5.73 Å². The molecule has 0 aliphatic heterocycles. The van der Waals surface area contributed by atoms with Gasteiger partial charge in [0.25, 0.3) is 0 Å². The summed E-state index contributed by atoms with van der Waals surface area (Å²) in [4.78, 5) is 25.5. The number of thioether (sulfide) groups is 1. The van der Waals surface area contributed by atoms with Crippen LogP contribution in [0.3, 0.4) is 0 Å². The second-order valence-corrected chi connectivity index (χ2v) is 6.94. The first-order chi connectivity index (χ1) is 11.0. The first kappa shape index (κ1) is 20.8. The molecule has 0 bridgehead atoms. The fourth-order valence-electron chi connectivity index (χ4n) is 2.38. The maximum atomic E-state index is 12.0. The third kappa shape index (κ3) is 6.34. The number of carbonyl (C=O) groups excluding carboxylic acids is 2. The molecule has 7 heteroatoms. The number of nitrogens with one attached hydrogen (secondary N) is 1. The van der Waals surface area contributed by atoms with Gasteiger partial charge in [0.1, 0.15) is 0 Å². The molecule has 1 aromatic carbocycles. The molecule has 1 fully saturated rings. The Balaban J connectivity index is 0.00000288. The van der Waals surface area contributed by atoms with Crippen molar-refractivity contribution in [3.05, 3.63) is 29.8 Å². The number of hydrogen-bond acceptors (Lipinski definition) is 4. The van der Waals surface area contributed by atoms with Crippen molar-refractivity contribution < 1.29 is 9.59 Å². The van der Waals surface area contributed by atoms with E-state index < -0.39 is 6.04 Å². The number of nitrogens with zero attached hydrogens (tertiary/aromatic N) is 1. The van der Waals surface area contributed by atoms with Crippen LogP contribution in [-0.4, -0.2) is 40.8 Å². The number of amides is 2. The summed E-state index contributed by atoms with van der Waals surface area (Å²) in [6, 6.07) is 7.54. The molecular weight excluding hydrogens is 346 g/mol. The fourth-order valence-corrected chi connectivity index (χ4v) is 2.87. The van der Waals surface area contributed by atoms with Gasteiger partial charge in [-0.2, -0.15) is 11.8 Å². The maximum Gasteiger partial charge on any atom is 0.241 e. The molecule has 5 nitrogen and oxygen atoms in total. The van der Waals surface area contributed by atoms with E-state index in [1.54, 1.807) is 18.7 Å². The predicted molar refractivity (Wildman–Crippen MR) is 103 cm³/mol. The zero-order valence-corrected chi connectivity index (χ0v) is 15.8. The molecule has 1 aliphatic rings. The van der Waals surface area contributed by atoms with Crippen molar-refractivity contribution in [1.29, 1.82) is 0 Å². The number of carbonyl (C=O) groups is 2. The highest BCUT2D eigenvalue weighted by molar-refractivity contribution is 7.98. The minimum atomic E-state index is -0.481. The van der Waals surface area contributed by atoms with Gasteiger partial charge in [0.15, 0.2) is 0 Å². The topological polar surface area (TPSA) is 75.4 Å². The molecule has 0 unspecified atom stereocenters. The third-order valence-corrected chi connectivity index (χ3v) is 4.58. The second kappa shape index (κ2) is 9.91. The zero-order valence-electron chi connectivity index (χ0n) is 14.2. The van der Waals surface area contributed by atoms with Gasteiger partial charge in [0.05, 0.1) is 6.04 Å². The maximum absolute atomic E-state index is 12.0. The van der Waals surface area contributed by atoms with Gasteiger partial charge in [-0.05, 0) is 49.0 Å². The molecular formula is C17H26ClN3O2S. The minimum absolute atomic E-state index is 0. The van der Waals surface area contributed by atoms with Crippen LogP contribution >= 0.6 is 24.2 Å². The highest BCUT2D eigenvalue weighted by Gasteiger charge is 2.30. The summed E-state index contributed by atoms with van der Waals surface area (Å²) >= 11 is 1.68. The molecule has 0 aromatic heterocycles. The number of benzene rings is 1. The molecule has 1 aromatic rings. The molecule has 24 heavy (non-hydrogen) atoms. The Morgan fingerprint density at radius 1 is 1.33 bits per heavy atom. The number of nitrogens with two attached hydrogens (primary N) is 1. The average molecular weight is 372 g/mol. The highest BCUT2D eigenvalue weighted by atomic mass is 35.5. The van der Waals surface area contributed by atoms with Crippen LogP contribution in [0.5, 0.6) is 0 Å². The van der Waals surface area contributed by atoms with Crippen LogP contribution in [0.15, 0.2) is 24.3 Å². The first-order valence-electron chi connectivity index (χ1n) is 7.92. The molecule has 1 aliphatic carbocycles. The lowest BCUT2D eigenvalue weighted by atomic mass is 10.1. The Bertz CT molecular complexity index is 549. The Labute approximate surface area is 154 Å². The lowest BCUT2D eigenvalue weighted by Gasteiger charge is -2.20. The molecule has 134 valence electrons. The van der Waals surface area contributed by atoms with Crippen LogP contribution in [0.1, 0.15) is 31.7 Å². The van der Waals surface area contributed by atoms with Crippen LogP contribution in [0, 0.1) is 0 Å². The van der Waals surface area contributed by atoms with E-state index in [1.165, 1.54) is 0 Å². The van der Waals surface area contributed by atoms with Crippen molar-refractivity contribution in [2.45, 2.75) is 44.8 Å². The molecule has 3 N–H and O–H groups in total. The molecule has 2 amide bonds. The Morgan fingerprint density at radius 2 is 1.96 bits per heavy atom. The fraction of sp³-hybridized carbons (Fsp3) is 0.529. The van der Waals surface area contributed by atoms with Crippen molar-refractivity contribution in [3.63, 3.8) is 0 Å². The zero-order chi connectivity index (χ0) is 16.8. The summed E-state index contributed by atoms with van der Waals surface area (Å²) in [5.74, 6) is 0.829. The van der Waals surface area contributed by atoms with Gasteiger partial charge >= 0.3 is 0 Å². The SMILES string of the molecule is CSCC[C@H](N)C(=O)Nc1ccc(CN(C(C)=O)C2CC2)cc1.Cl. The van der Waals surface area contributed by atoms with Gasteiger partial charge in [0.2, 0.25) is 11.8 Å². The Kier molecular flexibility index (Phi) is 8.59. The van der Waals surface area contributed by atoms with Crippen LogP contribution in [0.25, 0.3) is 0 Å². The summed E-state index contributed by atoms with van der Waals surface area (Å²) in [7, 11) is 0. The summed E-state index contributed by atoms with van der Waals surface area (Å²) in [5.41, 5.74) is 7.65. The normalized spacial score (nSPS) is 14.5. The number of rotatable bonds is 8. The van der Waals surface area contributed by atoms with Gasteiger partial charge in [-0.15, -0.1) is 12.4 Å². The Morgan fingerprint density at radius 3 is 2.46 bits per heavy atom. The smallest absolute Gasteiger partial charge is 0.241 e. The molecule has 2 rings (SSSR count). The van der Waals surface area contributed by atoms with Crippen molar-refractivity contribution in [2.75, 3.05) is 17.3 Å². The number of anilines is 1. The number of hydrogen-bond donors (Lipinski definition) is 2. The monoisotopic (exact) mass is 371 g/mol. The molecule has 1 atom stereocenters. The van der Waals surface area contributed by atoms with E-state index in [2.05, 4.69) is 5.32 Å². The molecule has 0 spiro atoms. The highest BCUT2D eigenvalue weighted by Crippen LogP contribution is 2.28. The predicted octanol–water partition coefficient (Wildman–Crippen LogP) is 2.64. The van der Waals surface area contributed by atoms with Gasteiger partial charge < -0.3 is 16.0 Å². The van der Waals surface area contributed by atoms with Crippen LogP contribution in [0.2, 0.25) is 0 Å². The van der Waals surface area contributed by atoms with Gasteiger partial charge in [-0.3, -0.25) is 9.59 Å². The summed E-state index contributed by atoms with van der Waals surface area (Å²) in [6.45, 7) is 2.24. The second-order valence-electron chi connectivity index (χ2n) is 5.95. The van der Waals surface area contributed by atoms with Gasteiger partial charge in [0, 0.05) is 25.2 Å². The first-order valence-corrected chi connectivity index (χ1v) is 9.32. The third-order valence-electron chi connectivity index (χ3n) is 3.94. The minimum Gasteiger partial charge on any atom is -0.336 e. The van der Waals surface area contributed by atoms with E-state index in [0.29, 0.717) is 19.0 Å². The van der Waals surface area contributed by atoms with E-state index in [-0.39, 0.29) is 24.2 Å². The van der Waals surface area contributed by atoms with Crippen LogP contribution in [-0.2, 0) is 16.1 Å². The summed E-state index contributed by atoms with van der Waals surface area (Å²) in [6.07, 6.45) is 4.86. The van der Waals surface area contributed by atoms with Gasteiger partial charge in [-0.25, -0.2) is 0 Å². The van der Waals surface area contributed by atoms with Crippen LogP contribution in [0.4, 0.5) is 5.69 Å². The summed E-state index contributed by atoms with van der Waals surface area (Å²) in [5, 5.41) is 2.84. The number of halogens is 1. The molecule has 0 heterocycles. The van der Waals surface area contributed by atoms with Crippen molar-refractivity contribution in [1.82, 2.24) is 4.90 Å². The van der Waals surface area contributed by atoms with E-state index in [4.69, 9.17) is 5.73 Å². The van der Waals surface area contributed by atoms with Gasteiger partial charge in [-0.1, -0.05) is 12.1 Å². The molecule has 0 saturated heterocycles. The van der Waals surface area contributed by atoms with Crippen molar-refractivity contribution in [3.8, 4) is 0 Å². The molecule has 0 radical (unpaired) electrons. The van der Waals surface area contributed by atoms with Crippen LogP contribution < -0.4 is 11.1 Å². The lowest BCUT2D eigenvalue weighted by Crippen LogP contribution is -2.36. The van der Waals surface area contributed by atoms with E-state index >= 15 is 0 Å².